The van der Waals surface area contributed by atoms with E-state index in [1.54, 1.807) is 6.07 Å². The number of nitrogens with two attached hydrogens (primary N) is 1. The molecule has 0 atom stereocenters. The maximum atomic E-state index is 12.2. The third kappa shape index (κ3) is 3.06. The molecule has 0 spiro atoms. The van der Waals surface area contributed by atoms with E-state index in [2.05, 4.69) is 15.9 Å². The molecule has 2 N–H and O–H groups in total. The van der Waals surface area contributed by atoms with E-state index >= 15 is 0 Å². The van der Waals surface area contributed by atoms with Crippen molar-refractivity contribution < 1.29 is 8.42 Å². The monoisotopic (exact) mass is 365 g/mol. The molecule has 1 aromatic heterocycles. The Hall–Kier alpha value is -0.560. The van der Waals surface area contributed by atoms with Crippen LogP contribution < -0.4 is 5.73 Å². The van der Waals surface area contributed by atoms with Crippen LogP contribution in [0.3, 0.4) is 0 Å². The fraction of sp³-hybridized carbons (Fsp3) is 0.0909. The molecule has 0 unspecified atom stereocenters. The number of halogens is 2. The van der Waals surface area contributed by atoms with Crippen LogP contribution in [0.4, 0.5) is 5.69 Å². The molecule has 0 fully saturated rings. The van der Waals surface area contributed by atoms with Gasteiger partial charge in [-0.15, -0.1) is 11.3 Å². The summed E-state index contributed by atoms with van der Waals surface area (Å²) in [5, 5.41) is 0.253. The molecule has 2 rings (SSSR count). The van der Waals surface area contributed by atoms with E-state index < -0.39 is 9.84 Å². The molecule has 7 heteroatoms. The summed E-state index contributed by atoms with van der Waals surface area (Å²) in [6.45, 7) is 0. The maximum Gasteiger partial charge on any atom is 0.183 e. The summed E-state index contributed by atoms with van der Waals surface area (Å²) >= 11 is 10.5. The topological polar surface area (TPSA) is 60.2 Å². The van der Waals surface area contributed by atoms with Crippen molar-refractivity contribution in [1.29, 1.82) is 0 Å². The van der Waals surface area contributed by atoms with Crippen LogP contribution in [-0.4, -0.2) is 8.42 Å². The summed E-state index contributed by atoms with van der Waals surface area (Å²) in [5.74, 6) is -0.0382. The van der Waals surface area contributed by atoms with Crippen LogP contribution in [0.1, 0.15) is 4.88 Å². The van der Waals surface area contributed by atoms with Gasteiger partial charge in [0.2, 0.25) is 0 Å². The molecule has 0 bridgehead atoms. The van der Waals surface area contributed by atoms with Gasteiger partial charge in [-0.1, -0.05) is 11.6 Å². The highest BCUT2D eigenvalue weighted by molar-refractivity contribution is 9.11. The third-order valence-corrected chi connectivity index (χ3v) is 6.09. The number of nitrogen functional groups attached to an aromatic ring is 1. The van der Waals surface area contributed by atoms with Gasteiger partial charge >= 0.3 is 0 Å². The standard InChI is InChI=1S/C11H9BrClNO2S2/c12-11-4-1-7(17-11)6-18(15,16)8-2-3-10(14)9(13)5-8/h1-5H,6,14H2. The molecule has 0 radical (unpaired) electrons. The van der Waals surface area contributed by atoms with Crippen molar-refractivity contribution in [3.8, 4) is 0 Å². The first kappa shape index (κ1) is 13.9. The zero-order valence-electron chi connectivity index (χ0n) is 9.06. The summed E-state index contributed by atoms with van der Waals surface area (Å²) < 4.78 is 25.2. The van der Waals surface area contributed by atoms with Crippen molar-refractivity contribution in [2.45, 2.75) is 10.6 Å². The van der Waals surface area contributed by atoms with Gasteiger partial charge in [-0.2, -0.15) is 0 Å². The lowest BCUT2D eigenvalue weighted by molar-refractivity contribution is 0.595. The molecule has 3 nitrogen and oxygen atoms in total. The van der Waals surface area contributed by atoms with Gasteiger partial charge in [0.25, 0.3) is 0 Å². The van der Waals surface area contributed by atoms with Crippen molar-refractivity contribution in [2.24, 2.45) is 0 Å². The van der Waals surface area contributed by atoms with Crippen LogP contribution in [0, 0.1) is 0 Å². The Morgan fingerprint density at radius 3 is 2.56 bits per heavy atom. The average Bonchev–Trinajstić information content (AvgIpc) is 2.67. The van der Waals surface area contributed by atoms with Gasteiger partial charge in [0.1, 0.15) is 0 Å². The molecule has 0 saturated heterocycles. The smallest absolute Gasteiger partial charge is 0.183 e. The molecule has 18 heavy (non-hydrogen) atoms. The SMILES string of the molecule is Nc1ccc(S(=O)(=O)Cc2ccc(Br)s2)cc1Cl. The van der Waals surface area contributed by atoms with Crippen LogP contribution in [0.25, 0.3) is 0 Å². The fourth-order valence-corrected chi connectivity index (χ4v) is 4.84. The molecule has 0 aliphatic heterocycles. The second-order valence-corrected chi connectivity index (χ2v) is 8.59. The van der Waals surface area contributed by atoms with Gasteiger partial charge < -0.3 is 5.73 Å². The molecule has 1 heterocycles. The van der Waals surface area contributed by atoms with E-state index in [-0.39, 0.29) is 15.7 Å². The molecule has 0 amide bonds. The van der Waals surface area contributed by atoms with Crippen molar-refractivity contribution in [2.75, 3.05) is 5.73 Å². The van der Waals surface area contributed by atoms with E-state index in [1.165, 1.54) is 29.5 Å². The minimum Gasteiger partial charge on any atom is -0.398 e. The number of thiophene rings is 1. The molecule has 2 aromatic rings. The number of anilines is 1. The predicted molar refractivity (Wildman–Crippen MR) is 78.8 cm³/mol. The Bertz CT molecular complexity index is 682. The highest BCUT2D eigenvalue weighted by Gasteiger charge is 2.17. The Kier molecular flexibility index (Phi) is 4.01. The highest BCUT2D eigenvalue weighted by atomic mass is 79.9. The van der Waals surface area contributed by atoms with Gasteiger partial charge in [-0.05, 0) is 46.3 Å². The molecular formula is C11H9BrClNO2S2. The van der Waals surface area contributed by atoms with E-state index in [0.29, 0.717) is 5.69 Å². The Morgan fingerprint density at radius 1 is 1.28 bits per heavy atom. The number of hydrogen-bond acceptors (Lipinski definition) is 4. The summed E-state index contributed by atoms with van der Waals surface area (Å²) in [4.78, 5) is 0.959. The quantitative estimate of drug-likeness (QED) is 0.842. The molecule has 96 valence electrons. The second kappa shape index (κ2) is 5.21. The normalized spacial score (nSPS) is 11.7. The minimum absolute atomic E-state index is 0.0382. The molecular weight excluding hydrogens is 358 g/mol. The lowest BCUT2D eigenvalue weighted by atomic mass is 10.3. The Morgan fingerprint density at radius 2 is 2.00 bits per heavy atom. The number of hydrogen-bond donors (Lipinski definition) is 1. The minimum atomic E-state index is -3.39. The molecule has 0 aliphatic rings. The summed E-state index contributed by atoms with van der Waals surface area (Å²) in [7, 11) is -3.39. The van der Waals surface area contributed by atoms with Crippen molar-refractivity contribution in [3.05, 3.63) is 44.0 Å². The fourth-order valence-electron chi connectivity index (χ4n) is 1.40. The Labute approximate surface area is 123 Å². The van der Waals surface area contributed by atoms with Crippen molar-refractivity contribution in [3.63, 3.8) is 0 Å². The van der Waals surface area contributed by atoms with E-state index in [1.807, 2.05) is 6.07 Å². The van der Waals surface area contributed by atoms with Crippen LogP contribution in [0.5, 0.6) is 0 Å². The lowest BCUT2D eigenvalue weighted by Gasteiger charge is -2.05. The van der Waals surface area contributed by atoms with E-state index in [9.17, 15) is 8.42 Å². The van der Waals surface area contributed by atoms with Crippen LogP contribution in [0.15, 0.2) is 39.0 Å². The van der Waals surface area contributed by atoms with Crippen LogP contribution in [0.2, 0.25) is 5.02 Å². The largest absolute Gasteiger partial charge is 0.398 e. The molecule has 0 saturated carbocycles. The van der Waals surface area contributed by atoms with Crippen molar-refractivity contribution >= 4 is 54.4 Å². The van der Waals surface area contributed by atoms with Gasteiger partial charge in [-0.3, -0.25) is 0 Å². The van der Waals surface area contributed by atoms with Gasteiger partial charge in [0, 0.05) is 4.88 Å². The number of benzene rings is 1. The summed E-state index contributed by atoms with van der Waals surface area (Å²) in [6.07, 6.45) is 0. The lowest BCUT2D eigenvalue weighted by Crippen LogP contribution is -2.04. The highest BCUT2D eigenvalue weighted by Crippen LogP contribution is 2.28. The zero-order valence-corrected chi connectivity index (χ0v) is 13.0. The predicted octanol–water partition coefficient (Wildman–Crippen LogP) is 3.72. The average molecular weight is 367 g/mol. The van der Waals surface area contributed by atoms with Gasteiger partial charge in [-0.25, -0.2) is 8.42 Å². The number of sulfone groups is 1. The van der Waals surface area contributed by atoms with Crippen molar-refractivity contribution in [1.82, 2.24) is 0 Å². The van der Waals surface area contributed by atoms with Crippen LogP contribution in [-0.2, 0) is 15.6 Å². The molecule has 0 aliphatic carbocycles. The van der Waals surface area contributed by atoms with E-state index in [0.717, 1.165) is 8.66 Å². The second-order valence-electron chi connectivity index (χ2n) is 3.65. The Balaban J connectivity index is 2.33. The summed E-state index contributed by atoms with van der Waals surface area (Å²) in [6, 6.07) is 7.96. The first-order valence-electron chi connectivity index (χ1n) is 4.90. The van der Waals surface area contributed by atoms with Gasteiger partial charge in [0.15, 0.2) is 9.84 Å². The summed E-state index contributed by atoms with van der Waals surface area (Å²) in [5.41, 5.74) is 5.93. The maximum absolute atomic E-state index is 12.2. The first-order chi connectivity index (χ1) is 8.38. The van der Waals surface area contributed by atoms with E-state index in [4.69, 9.17) is 17.3 Å². The van der Waals surface area contributed by atoms with Crippen LogP contribution >= 0.6 is 38.9 Å². The van der Waals surface area contributed by atoms with Gasteiger partial charge in [0.05, 0.1) is 25.1 Å². The first-order valence-corrected chi connectivity index (χ1v) is 8.54. The zero-order chi connectivity index (χ0) is 13.3. The number of rotatable bonds is 3. The third-order valence-electron chi connectivity index (χ3n) is 2.29. The molecule has 1 aromatic carbocycles.